The van der Waals surface area contributed by atoms with Crippen molar-refractivity contribution >= 4 is 17.2 Å². The molecule has 5 rings (SSSR count). The summed E-state index contributed by atoms with van der Waals surface area (Å²) in [5.74, 6) is 0.826. The van der Waals surface area contributed by atoms with Gasteiger partial charge in [-0.1, -0.05) is 60.2 Å². The van der Waals surface area contributed by atoms with Crippen molar-refractivity contribution in [3.05, 3.63) is 108 Å². The molecule has 0 aliphatic heterocycles. The van der Waals surface area contributed by atoms with Crippen LogP contribution in [0.4, 0.5) is 5.69 Å². The van der Waals surface area contributed by atoms with Crippen LogP contribution in [-0.4, -0.2) is 21.9 Å². The molecular formula is C31H29N3O2. The highest BCUT2D eigenvalue weighted by molar-refractivity contribution is 5.91. The first-order chi connectivity index (χ1) is 17.6. The van der Waals surface area contributed by atoms with E-state index >= 15 is 0 Å². The number of ether oxygens (including phenoxy) is 1. The Morgan fingerprint density at radius 3 is 2.44 bits per heavy atom. The quantitative estimate of drug-likeness (QED) is 0.264. The van der Waals surface area contributed by atoms with Crippen LogP contribution in [0.1, 0.15) is 24.6 Å². The molecule has 0 radical (unpaired) electrons. The number of imidazole rings is 1. The molecular weight excluding hydrogens is 446 g/mol. The lowest BCUT2D eigenvalue weighted by Crippen LogP contribution is -2.13. The van der Waals surface area contributed by atoms with Gasteiger partial charge in [-0.25, -0.2) is 4.98 Å². The van der Waals surface area contributed by atoms with Crippen LogP contribution in [0.15, 0.2) is 97.2 Å². The summed E-state index contributed by atoms with van der Waals surface area (Å²) in [6, 6.07) is 30.2. The zero-order valence-electron chi connectivity index (χ0n) is 20.6. The Labute approximate surface area is 211 Å². The summed E-state index contributed by atoms with van der Waals surface area (Å²) in [5.41, 5.74) is 7.91. The second-order valence-corrected chi connectivity index (χ2v) is 8.79. The van der Waals surface area contributed by atoms with Gasteiger partial charge >= 0.3 is 0 Å². The van der Waals surface area contributed by atoms with Gasteiger partial charge in [0.15, 0.2) is 0 Å². The normalized spacial score (nSPS) is 10.9. The number of aromatic nitrogens is 2. The number of rotatable bonds is 8. The summed E-state index contributed by atoms with van der Waals surface area (Å²) in [5, 5.41) is 3.01. The number of anilines is 1. The molecule has 180 valence electrons. The van der Waals surface area contributed by atoms with Crippen molar-refractivity contribution in [2.45, 2.75) is 26.7 Å². The Hall–Kier alpha value is -4.38. The molecule has 0 unspecified atom stereocenters. The summed E-state index contributed by atoms with van der Waals surface area (Å²) >= 11 is 0. The molecule has 0 aliphatic rings. The van der Waals surface area contributed by atoms with E-state index in [1.54, 1.807) is 0 Å². The van der Waals surface area contributed by atoms with Gasteiger partial charge in [-0.3, -0.25) is 4.79 Å². The van der Waals surface area contributed by atoms with E-state index in [1.165, 1.54) is 0 Å². The van der Waals surface area contributed by atoms with Gasteiger partial charge in [0.05, 0.1) is 18.0 Å². The fourth-order valence-corrected chi connectivity index (χ4v) is 4.35. The molecule has 0 aliphatic carbocycles. The van der Waals surface area contributed by atoms with Crippen LogP contribution in [0.25, 0.3) is 28.0 Å². The molecule has 2 aromatic heterocycles. The molecule has 0 spiro atoms. The van der Waals surface area contributed by atoms with Crippen molar-refractivity contribution in [1.29, 1.82) is 0 Å². The topological polar surface area (TPSA) is 55.6 Å². The minimum atomic E-state index is -0.0200. The van der Waals surface area contributed by atoms with Gasteiger partial charge in [0.1, 0.15) is 11.4 Å². The van der Waals surface area contributed by atoms with E-state index in [2.05, 4.69) is 40.2 Å². The molecule has 36 heavy (non-hydrogen) atoms. The maximum Gasteiger partial charge on any atom is 0.224 e. The Morgan fingerprint density at radius 2 is 1.67 bits per heavy atom. The van der Waals surface area contributed by atoms with Gasteiger partial charge in [0.25, 0.3) is 0 Å². The lowest BCUT2D eigenvalue weighted by molar-refractivity contribution is -0.116. The van der Waals surface area contributed by atoms with E-state index < -0.39 is 0 Å². The molecule has 3 aromatic carbocycles. The number of amides is 1. The molecule has 0 bridgehead atoms. The molecule has 1 amide bonds. The van der Waals surface area contributed by atoms with E-state index in [-0.39, 0.29) is 5.91 Å². The smallest absolute Gasteiger partial charge is 0.224 e. The monoisotopic (exact) mass is 475 g/mol. The lowest BCUT2D eigenvalue weighted by Gasteiger charge is -2.10. The molecule has 5 heteroatoms. The van der Waals surface area contributed by atoms with Crippen molar-refractivity contribution in [3.8, 4) is 28.1 Å². The Morgan fingerprint density at radius 1 is 0.889 bits per heavy atom. The third-order valence-corrected chi connectivity index (χ3v) is 6.17. The van der Waals surface area contributed by atoms with E-state index in [4.69, 9.17) is 9.72 Å². The van der Waals surface area contributed by atoms with Crippen molar-refractivity contribution < 1.29 is 9.53 Å². The summed E-state index contributed by atoms with van der Waals surface area (Å²) in [6.07, 6.45) is 3.02. The maximum absolute atomic E-state index is 12.8. The third-order valence-electron chi connectivity index (χ3n) is 6.17. The number of nitrogens with zero attached hydrogens (tertiary/aromatic N) is 2. The SMILES string of the molecule is CCOc1cccc(-c2ccc3nc(-c4ccccc4)c(CCC(=O)Nc4ccc(C)cc4)n3c2)c1. The summed E-state index contributed by atoms with van der Waals surface area (Å²) in [6.45, 7) is 4.64. The first kappa shape index (κ1) is 23.4. The van der Waals surface area contributed by atoms with E-state index in [9.17, 15) is 4.79 Å². The number of nitrogens with one attached hydrogen (secondary N) is 1. The van der Waals surface area contributed by atoms with E-state index in [0.717, 1.165) is 50.7 Å². The number of fused-ring (bicyclic) bond motifs is 1. The third kappa shape index (κ3) is 5.15. The molecule has 1 N–H and O–H groups in total. The minimum absolute atomic E-state index is 0.0200. The van der Waals surface area contributed by atoms with Crippen LogP contribution in [-0.2, 0) is 11.2 Å². The Kier molecular flexibility index (Phi) is 6.80. The van der Waals surface area contributed by atoms with Crippen LogP contribution in [0.5, 0.6) is 5.75 Å². The average Bonchev–Trinajstić information content (AvgIpc) is 3.27. The minimum Gasteiger partial charge on any atom is -0.494 e. The van der Waals surface area contributed by atoms with Gasteiger partial charge < -0.3 is 14.5 Å². The highest BCUT2D eigenvalue weighted by Crippen LogP contribution is 2.29. The van der Waals surface area contributed by atoms with Crippen molar-refractivity contribution in [1.82, 2.24) is 9.38 Å². The summed E-state index contributed by atoms with van der Waals surface area (Å²) in [7, 11) is 0. The first-order valence-electron chi connectivity index (χ1n) is 12.3. The first-order valence-corrected chi connectivity index (χ1v) is 12.3. The zero-order chi connectivity index (χ0) is 24.9. The highest BCUT2D eigenvalue weighted by Gasteiger charge is 2.16. The fourth-order valence-electron chi connectivity index (χ4n) is 4.35. The van der Waals surface area contributed by atoms with Gasteiger partial charge in [0, 0.05) is 23.9 Å². The Bertz CT molecular complexity index is 1490. The Balaban J connectivity index is 1.49. The van der Waals surface area contributed by atoms with Crippen LogP contribution in [0.3, 0.4) is 0 Å². The maximum atomic E-state index is 12.8. The second kappa shape index (κ2) is 10.5. The largest absolute Gasteiger partial charge is 0.494 e. The van der Waals surface area contributed by atoms with Crippen molar-refractivity contribution in [2.24, 2.45) is 0 Å². The van der Waals surface area contributed by atoms with Crippen LogP contribution >= 0.6 is 0 Å². The van der Waals surface area contributed by atoms with Crippen LogP contribution in [0, 0.1) is 6.92 Å². The standard InChI is InChI=1S/C31H29N3O2/c1-3-36-27-11-7-10-24(20-27)25-14-18-29-33-31(23-8-5-4-6-9-23)28(34(29)21-25)17-19-30(35)32-26-15-12-22(2)13-16-26/h4-16,18,20-21H,3,17,19H2,1-2H3,(H,32,35). The number of carbonyl (C=O) groups excluding carboxylic acids is 1. The predicted octanol–water partition coefficient (Wildman–Crippen LogP) is 6.95. The molecule has 2 heterocycles. The molecule has 5 nitrogen and oxygen atoms in total. The van der Waals surface area contributed by atoms with E-state index in [0.29, 0.717) is 19.4 Å². The average molecular weight is 476 g/mol. The van der Waals surface area contributed by atoms with E-state index in [1.807, 2.05) is 80.6 Å². The number of hydrogen-bond acceptors (Lipinski definition) is 3. The summed E-state index contributed by atoms with van der Waals surface area (Å²) < 4.78 is 7.81. The van der Waals surface area contributed by atoms with Gasteiger partial charge in [-0.15, -0.1) is 0 Å². The molecule has 0 atom stereocenters. The predicted molar refractivity (Wildman–Crippen MR) is 145 cm³/mol. The van der Waals surface area contributed by atoms with Gasteiger partial charge in [0.2, 0.25) is 5.91 Å². The molecule has 0 saturated heterocycles. The molecule has 0 saturated carbocycles. The van der Waals surface area contributed by atoms with Gasteiger partial charge in [-0.2, -0.15) is 0 Å². The number of benzene rings is 3. The van der Waals surface area contributed by atoms with Gasteiger partial charge in [-0.05, 0) is 67.8 Å². The van der Waals surface area contributed by atoms with Crippen molar-refractivity contribution in [2.75, 3.05) is 11.9 Å². The highest BCUT2D eigenvalue weighted by atomic mass is 16.5. The van der Waals surface area contributed by atoms with Crippen LogP contribution in [0.2, 0.25) is 0 Å². The number of carbonyl (C=O) groups is 1. The lowest BCUT2D eigenvalue weighted by atomic mass is 10.1. The number of pyridine rings is 1. The summed E-state index contributed by atoms with van der Waals surface area (Å²) in [4.78, 5) is 17.8. The fraction of sp³-hybridized carbons (Fsp3) is 0.161. The molecule has 0 fully saturated rings. The second-order valence-electron chi connectivity index (χ2n) is 8.79. The number of hydrogen-bond donors (Lipinski definition) is 1. The molecule has 5 aromatic rings. The van der Waals surface area contributed by atoms with Crippen molar-refractivity contribution in [3.63, 3.8) is 0 Å². The number of aryl methyl sites for hydroxylation is 2. The van der Waals surface area contributed by atoms with Crippen LogP contribution < -0.4 is 10.1 Å². The zero-order valence-corrected chi connectivity index (χ0v) is 20.6.